The quantitative estimate of drug-likeness (QED) is 0.624. The molecule has 0 unspecified atom stereocenters. The average molecular weight is 265 g/mol. The van der Waals surface area contributed by atoms with E-state index in [1.165, 1.54) is 11.1 Å². The Bertz CT molecular complexity index is 637. The van der Waals surface area contributed by atoms with Crippen molar-refractivity contribution in [2.45, 2.75) is 6.92 Å². The highest BCUT2D eigenvalue weighted by molar-refractivity contribution is 6.07. The van der Waals surface area contributed by atoms with Gasteiger partial charge in [0, 0.05) is 11.8 Å². The molecular formula is C17H15NO2. The minimum Gasteiger partial charge on any atom is -0.296 e. The van der Waals surface area contributed by atoms with Crippen molar-refractivity contribution < 1.29 is 9.59 Å². The van der Waals surface area contributed by atoms with Gasteiger partial charge in [-0.25, -0.2) is 0 Å². The number of rotatable bonds is 1. The lowest BCUT2D eigenvalue weighted by molar-refractivity contribution is -0.126. The summed E-state index contributed by atoms with van der Waals surface area (Å²) >= 11 is 0. The highest BCUT2D eigenvalue weighted by atomic mass is 16.2. The SMILES string of the molecule is Cc1ccc(C=C2[C@H]3C=C[C@@H]2[C@H]2C(=O)NC(=O)[C@H]23)cc1. The van der Waals surface area contributed by atoms with Gasteiger partial charge in [0.05, 0.1) is 11.8 Å². The van der Waals surface area contributed by atoms with Crippen molar-refractivity contribution in [2.75, 3.05) is 0 Å². The maximum atomic E-state index is 11.9. The van der Waals surface area contributed by atoms with Gasteiger partial charge in [-0.3, -0.25) is 14.9 Å². The first-order valence-electron chi connectivity index (χ1n) is 6.96. The Morgan fingerprint density at radius 3 is 2.05 bits per heavy atom. The molecule has 1 aromatic carbocycles. The molecule has 2 fully saturated rings. The van der Waals surface area contributed by atoms with Crippen molar-refractivity contribution in [1.29, 1.82) is 0 Å². The number of benzene rings is 1. The first-order valence-corrected chi connectivity index (χ1v) is 6.96. The van der Waals surface area contributed by atoms with Gasteiger partial charge in [0.2, 0.25) is 11.8 Å². The number of hydrogen-bond donors (Lipinski definition) is 1. The summed E-state index contributed by atoms with van der Waals surface area (Å²) in [4.78, 5) is 23.8. The second kappa shape index (κ2) is 3.92. The molecule has 0 radical (unpaired) electrons. The molecule has 1 aromatic rings. The molecule has 4 atom stereocenters. The standard InChI is InChI=1S/C17H15NO2/c1-9-2-4-10(5-3-9)8-13-11-6-7-12(13)15-14(11)16(19)18-17(15)20/h2-8,11-12,14-15H,1H3,(H,18,19,20)/t11-,12+,14+,15-. The number of nitrogens with one attached hydrogen (secondary N) is 1. The summed E-state index contributed by atoms with van der Waals surface area (Å²) in [6, 6.07) is 8.32. The highest BCUT2D eigenvalue weighted by Crippen LogP contribution is 2.54. The van der Waals surface area contributed by atoms with Crippen LogP contribution in [0, 0.1) is 30.6 Å². The fraction of sp³-hybridized carbons (Fsp3) is 0.294. The van der Waals surface area contributed by atoms with Gasteiger partial charge < -0.3 is 0 Å². The number of imide groups is 1. The molecule has 0 spiro atoms. The lowest BCUT2D eigenvalue weighted by Gasteiger charge is -2.13. The minimum atomic E-state index is -0.186. The van der Waals surface area contributed by atoms with Crippen LogP contribution in [0.5, 0.6) is 0 Å². The maximum Gasteiger partial charge on any atom is 0.231 e. The van der Waals surface area contributed by atoms with Crippen molar-refractivity contribution in [3.05, 3.63) is 53.1 Å². The van der Waals surface area contributed by atoms with Crippen LogP contribution in [0.25, 0.3) is 6.08 Å². The predicted octanol–water partition coefficient (Wildman–Crippen LogP) is 2.08. The average Bonchev–Trinajstić information content (AvgIpc) is 3.05. The van der Waals surface area contributed by atoms with Crippen LogP contribution in [-0.2, 0) is 9.59 Å². The van der Waals surface area contributed by atoms with Gasteiger partial charge >= 0.3 is 0 Å². The number of hydrogen-bond acceptors (Lipinski definition) is 2. The van der Waals surface area contributed by atoms with Crippen LogP contribution in [0.3, 0.4) is 0 Å². The zero-order valence-corrected chi connectivity index (χ0v) is 11.2. The third-order valence-corrected chi connectivity index (χ3v) is 4.72. The Labute approximate surface area is 117 Å². The van der Waals surface area contributed by atoms with Gasteiger partial charge in [-0.1, -0.05) is 53.6 Å². The lowest BCUT2D eigenvalue weighted by Crippen LogP contribution is -2.25. The number of carbonyl (C=O) groups excluding carboxylic acids is 2. The van der Waals surface area contributed by atoms with Crippen LogP contribution >= 0.6 is 0 Å². The van der Waals surface area contributed by atoms with Crippen molar-refractivity contribution in [3.8, 4) is 0 Å². The maximum absolute atomic E-state index is 11.9. The number of aryl methyl sites for hydroxylation is 1. The van der Waals surface area contributed by atoms with Crippen molar-refractivity contribution >= 4 is 17.9 Å². The molecule has 3 nitrogen and oxygen atoms in total. The third-order valence-electron chi connectivity index (χ3n) is 4.72. The minimum absolute atomic E-state index is 0.0951. The van der Waals surface area contributed by atoms with E-state index in [0.29, 0.717) is 0 Å². The van der Waals surface area contributed by atoms with Crippen molar-refractivity contribution in [3.63, 3.8) is 0 Å². The summed E-state index contributed by atoms with van der Waals surface area (Å²) in [6.45, 7) is 2.06. The second-order valence-electron chi connectivity index (χ2n) is 5.90. The van der Waals surface area contributed by atoms with E-state index in [4.69, 9.17) is 0 Å². The van der Waals surface area contributed by atoms with Crippen molar-refractivity contribution in [1.82, 2.24) is 5.32 Å². The molecule has 100 valence electrons. The summed E-state index contributed by atoms with van der Waals surface area (Å²) in [5.41, 5.74) is 3.58. The fourth-order valence-electron chi connectivity index (χ4n) is 3.77. The normalized spacial score (nSPS) is 35.8. The topological polar surface area (TPSA) is 46.2 Å². The first kappa shape index (κ1) is 11.6. The second-order valence-corrected chi connectivity index (χ2v) is 5.90. The van der Waals surface area contributed by atoms with Gasteiger partial charge in [-0.05, 0) is 12.5 Å². The van der Waals surface area contributed by atoms with Crippen LogP contribution in [0.15, 0.2) is 42.0 Å². The van der Waals surface area contributed by atoms with Crippen LogP contribution in [-0.4, -0.2) is 11.8 Å². The molecule has 1 aliphatic heterocycles. The van der Waals surface area contributed by atoms with E-state index >= 15 is 0 Å². The molecule has 2 aliphatic carbocycles. The molecule has 1 saturated heterocycles. The predicted molar refractivity (Wildman–Crippen MR) is 75.4 cm³/mol. The summed E-state index contributed by atoms with van der Waals surface area (Å²) in [6.07, 6.45) is 6.32. The van der Waals surface area contributed by atoms with E-state index in [2.05, 4.69) is 54.7 Å². The Morgan fingerprint density at radius 2 is 1.50 bits per heavy atom. The Kier molecular flexibility index (Phi) is 2.28. The lowest BCUT2D eigenvalue weighted by atomic mass is 9.85. The van der Waals surface area contributed by atoms with Gasteiger partial charge in [0.1, 0.15) is 0 Å². The molecule has 1 saturated carbocycles. The summed E-state index contributed by atoms with van der Waals surface area (Å²) < 4.78 is 0. The van der Waals surface area contributed by atoms with E-state index in [1.807, 2.05) is 0 Å². The number of carbonyl (C=O) groups is 2. The van der Waals surface area contributed by atoms with Crippen LogP contribution in [0.2, 0.25) is 0 Å². The number of allylic oxidation sites excluding steroid dienone is 3. The number of amides is 2. The summed E-state index contributed by atoms with van der Waals surface area (Å²) in [7, 11) is 0. The fourth-order valence-corrected chi connectivity index (χ4v) is 3.77. The Balaban J connectivity index is 1.74. The zero-order chi connectivity index (χ0) is 13.9. The molecule has 2 bridgehead atoms. The molecule has 0 aromatic heterocycles. The Hall–Kier alpha value is -2.16. The van der Waals surface area contributed by atoms with E-state index in [0.717, 1.165) is 5.56 Å². The molecule has 20 heavy (non-hydrogen) atoms. The smallest absolute Gasteiger partial charge is 0.231 e. The van der Waals surface area contributed by atoms with Gasteiger partial charge in [0.25, 0.3) is 0 Å². The number of fused-ring (bicyclic) bond motifs is 5. The molecule has 1 N–H and O–H groups in total. The molecule has 2 amide bonds. The van der Waals surface area contributed by atoms with Gasteiger partial charge in [-0.15, -0.1) is 0 Å². The van der Waals surface area contributed by atoms with Crippen LogP contribution in [0.1, 0.15) is 11.1 Å². The van der Waals surface area contributed by atoms with Crippen LogP contribution < -0.4 is 5.32 Å². The summed E-state index contributed by atoms with van der Waals surface area (Å²) in [5.74, 6) is -0.391. The molecule has 3 aliphatic rings. The van der Waals surface area contributed by atoms with E-state index < -0.39 is 0 Å². The molecular weight excluding hydrogens is 250 g/mol. The monoisotopic (exact) mass is 265 g/mol. The largest absolute Gasteiger partial charge is 0.296 e. The molecule has 1 heterocycles. The highest BCUT2D eigenvalue weighted by Gasteiger charge is 2.58. The van der Waals surface area contributed by atoms with E-state index in [-0.39, 0.29) is 35.5 Å². The van der Waals surface area contributed by atoms with E-state index in [1.54, 1.807) is 0 Å². The van der Waals surface area contributed by atoms with Gasteiger partial charge in [0.15, 0.2) is 0 Å². The van der Waals surface area contributed by atoms with E-state index in [9.17, 15) is 9.59 Å². The molecule has 4 rings (SSSR count). The summed E-state index contributed by atoms with van der Waals surface area (Å²) in [5, 5.41) is 2.47. The Morgan fingerprint density at radius 1 is 0.950 bits per heavy atom. The van der Waals surface area contributed by atoms with Crippen LogP contribution in [0.4, 0.5) is 0 Å². The van der Waals surface area contributed by atoms with Gasteiger partial charge in [-0.2, -0.15) is 0 Å². The van der Waals surface area contributed by atoms with Crippen molar-refractivity contribution in [2.24, 2.45) is 23.7 Å². The molecule has 3 heteroatoms. The first-order chi connectivity index (χ1) is 9.65. The zero-order valence-electron chi connectivity index (χ0n) is 11.2. The third kappa shape index (κ3) is 1.46.